The molecule has 2 aromatic heterocycles. The number of esters is 1. The number of benzene rings is 1. The Hall–Kier alpha value is -3.75. The fraction of sp³-hybridized carbons (Fsp3) is 0.318. The number of rotatable bonds is 5. The first-order valence-electron chi connectivity index (χ1n) is 10.1. The molecule has 1 saturated heterocycles. The summed E-state index contributed by atoms with van der Waals surface area (Å²) in [6, 6.07) is 8.63. The average molecular weight is 420 g/mol. The average Bonchev–Trinajstić information content (AvgIpc) is 3.25. The highest BCUT2D eigenvalue weighted by Crippen LogP contribution is 2.24. The van der Waals surface area contributed by atoms with Gasteiger partial charge in [-0.2, -0.15) is 0 Å². The van der Waals surface area contributed by atoms with Crippen molar-refractivity contribution in [1.82, 2.24) is 19.5 Å². The smallest absolute Gasteiger partial charge is 0.337 e. The number of hydrogen-bond acceptors (Lipinski definition) is 7. The van der Waals surface area contributed by atoms with Crippen LogP contribution in [0.2, 0.25) is 0 Å². The number of anilines is 2. The molecule has 9 heteroatoms. The number of aromatic nitrogens is 4. The molecule has 1 aliphatic heterocycles. The Morgan fingerprint density at radius 1 is 1.06 bits per heavy atom. The molecule has 9 nitrogen and oxygen atoms in total. The summed E-state index contributed by atoms with van der Waals surface area (Å²) >= 11 is 0. The first kappa shape index (κ1) is 20.5. The van der Waals surface area contributed by atoms with Crippen molar-refractivity contribution in [3.8, 4) is 5.82 Å². The largest absolute Gasteiger partial charge is 0.465 e. The minimum absolute atomic E-state index is 0.0112. The maximum Gasteiger partial charge on any atom is 0.337 e. The quantitative estimate of drug-likeness (QED) is 0.633. The molecular formula is C22H24N6O3. The fourth-order valence-corrected chi connectivity index (χ4v) is 3.68. The van der Waals surface area contributed by atoms with E-state index in [2.05, 4.69) is 29.9 Å². The SMILES string of the molecule is COC(=O)c1ccc(NC(=O)C2CCN(c3cc(-n4ccnc4C)ncn3)CC2)cc1. The molecule has 1 N–H and O–H groups in total. The van der Waals surface area contributed by atoms with Gasteiger partial charge in [0.05, 0.1) is 12.7 Å². The van der Waals surface area contributed by atoms with Crippen LogP contribution in [0.15, 0.2) is 49.1 Å². The highest BCUT2D eigenvalue weighted by Gasteiger charge is 2.26. The Labute approximate surface area is 180 Å². The van der Waals surface area contributed by atoms with Crippen molar-refractivity contribution >= 4 is 23.4 Å². The van der Waals surface area contributed by atoms with Crippen LogP contribution >= 0.6 is 0 Å². The van der Waals surface area contributed by atoms with Gasteiger partial charge >= 0.3 is 5.97 Å². The monoisotopic (exact) mass is 420 g/mol. The van der Waals surface area contributed by atoms with E-state index in [9.17, 15) is 9.59 Å². The molecule has 0 atom stereocenters. The van der Waals surface area contributed by atoms with Gasteiger partial charge in [-0.1, -0.05) is 0 Å². The van der Waals surface area contributed by atoms with Gasteiger partial charge in [-0.3, -0.25) is 9.36 Å². The minimum Gasteiger partial charge on any atom is -0.465 e. The van der Waals surface area contributed by atoms with Gasteiger partial charge in [-0.25, -0.2) is 19.7 Å². The van der Waals surface area contributed by atoms with Gasteiger partial charge < -0.3 is 15.0 Å². The van der Waals surface area contributed by atoms with Gasteiger partial charge in [0.25, 0.3) is 0 Å². The Bertz CT molecular complexity index is 1070. The number of piperidine rings is 1. The van der Waals surface area contributed by atoms with Crippen LogP contribution in [0.3, 0.4) is 0 Å². The number of hydrogen-bond donors (Lipinski definition) is 1. The highest BCUT2D eigenvalue weighted by molar-refractivity contribution is 5.94. The molecule has 1 fully saturated rings. The maximum atomic E-state index is 12.7. The van der Waals surface area contributed by atoms with Gasteiger partial charge in [0, 0.05) is 43.2 Å². The zero-order valence-electron chi connectivity index (χ0n) is 17.5. The molecule has 1 amide bonds. The second-order valence-corrected chi connectivity index (χ2v) is 7.40. The predicted octanol–water partition coefficient (Wildman–Crippen LogP) is 2.61. The summed E-state index contributed by atoms with van der Waals surface area (Å²) in [5.74, 6) is 1.99. The van der Waals surface area contributed by atoms with Crippen molar-refractivity contribution in [2.24, 2.45) is 5.92 Å². The maximum absolute atomic E-state index is 12.7. The van der Waals surface area contributed by atoms with E-state index in [1.165, 1.54) is 7.11 Å². The molecular weight excluding hydrogens is 396 g/mol. The molecule has 1 aliphatic rings. The van der Waals surface area contributed by atoms with Crippen LogP contribution in [0.1, 0.15) is 29.0 Å². The number of amides is 1. The molecule has 0 saturated carbocycles. The van der Waals surface area contributed by atoms with Crippen LogP contribution in [-0.2, 0) is 9.53 Å². The third kappa shape index (κ3) is 4.55. The highest BCUT2D eigenvalue weighted by atomic mass is 16.5. The minimum atomic E-state index is -0.402. The van der Waals surface area contributed by atoms with Gasteiger partial charge in [0.2, 0.25) is 5.91 Å². The topological polar surface area (TPSA) is 102 Å². The van der Waals surface area contributed by atoms with Crippen LogP contribution in [-0.4, -0.2) is 51.6 Å². The molecule has 31 heavy (non-hydrogen) atoms. The van der Waals surface area contributed by atoms with Crippen molar-refractivity contribution in [2.75, 3.05) is 30.4 Å². The summed E-state index contributed by atoms with van der Waals surface area (Å²) in [4.78, 5) is 39.4. The second kappa shape index (κ2) is 8.95. The number of nitrogens with one attached hydrogen (secondary N) is 1. The first-order valence-corrected chi connectivity index (χ1v) is 10.1. The first-order chi connectivity index (χ1) is 15.0. The number of methoxy groups -OCH3 is 1. The lowest BCUT2D eigenvalue weighted by Gasteiger charge is -2.32. The molecule has 0 bridgehead atoms. The standard InChI is InChI=1S/C22H24N6O3/c1-15-23-9-12-28(15)20-13-19(24-14-25-20)27-10-7-16(8-11-27)21(29)26-18-5-3-17(4-6-18)22(30)31-2/h3-6,9,12-14,16H,7-8,10-11H2,1-2H3,(H,26,29). The summed E-state index contributed by atoms with van der Waals surface area (Å²) in [5, 5.41) is 2.94. The zero-order chi connectivity index (χ0) is 21.8. The number of aryl methyl sites for hydroxylation is 1. The van der Waals surface area contributed by atoms with E-state index in [4.69, 9.17) is 0 Å². The van der Waals surface area contributed by atoms with Crippen molar-refractivity contribution in [3.63, 3.8) is 0 Å². The normalized spacial score (nSPS) is 14.3. The zero-order valence-corrected chi connectivity index (χ0v) is 17.5. The van der Waals surface area contributed by atoms with Gasteiger partial charge in [-0.15, -0.1) is 0 Å². The molecule has 0 spiro atoms. The summed E-state index contributed by atoms with van der Waals surface area (Å²) in [6.45, 7) is 3.40. The lowest BCUT2D eigenvalue weighted by molar-refractivity contribution is -0.120. The molecule has 160 valence electrons. The Balaban J connectivity index is 1.35. The van der Waals surface area contributed by atoms with Crippen molar-refractivity contribution < 1.29 is 14.3 Å². The van der Waals surface area contributed by atoms with Crippen molar-refractivity contribution in [1.29, 1.82) is 0 Å². The summed E-state index contributed by atoms with van der Waals surface area (Å²) in [6.07, 6.45) is 6.63. The number of nitrogens with zero attached hydrogens (tertiary/aromatic N) is 5. The lowest BCUT2D eigenvalue weighted by Crippen LogP contribution is -2.38. The van der Waals surface area contributed by atoms with E-state index in [0.717, 1.165) is 43.4 Å². The number of ether oxygens (including phenoxy) is 1. The van der Waals surface area contributed by atoms with Crippen LogP contribution in [0.5, 0.6) is 0 Å². The second-order valence-electron chi connectivity index (χ2n) is 7.40. The van der Waals surface area contributed by atoms with E-state index in [1.54, 1.807) is 36.8 Å². The van der Waals surface area contributed by atoms with Crippen LogP contribution in [0.4, 0.5) is 11.5 Å². The van der Waals surface area contributed by atoms with Crippen molar-refractivity contribution in [2.45, 2.75) is 19.8 Å². The Morgan fingerprint density at radius 2 is 1.77 bits per heavy atom. The van der Waals surface area contributed by atoms with Crippen LogP contribution in [0.25, 0.3) is 5.82 Å². The molecule has 0 unspecified atom stereocenters. The number of imidazole rings is 1. The third-order valence-electron chi connectivity index (χ3n) is 5.47. The van der Waals surface area contributed by atoms with Crippen LogP contribution < -0.4 is 10.2 Å². The van der Waals surface area contributed by atoms with E-state index >= 15 is 0 Å². The summed E-state index contributed by atoms with van der Waals surface area (Å²) < 4.78 is 6.60. The van der Waals surface area contributed by atoms with E-state index < -0.39 is 5.97 Å². The molecule has 4 rings (SSSR count). The third-order valence-corrected chi connectivity index (χ3v) is 5.47. The molecule has 3 aromatic rings. The molecule has 0 radical (unpaired) electrons. The Morgan fingerprint density at radius 3 is 2.42 bits per heavy atom. The summed E-state index contributed by atoms with van der Waals surface area (Å²) in [7, 11) is 1.34. The van der Waals surface area contributed by atoms with E-state index in [1.807, 2.05) is 23.8 Å². The Kier molecular flexibility index (Phi) is 5.92. The molecule has 1 aromatic carbocycles. The van der Waals surface area contributed by atoms with Gasteiger partial charge in [-0.05, 0) is 44.0 Å². The molecule has 3 heterocycles. The van der Waals surface area contributed by atoms with E-state index in [0.29, 0.717) is 11.3 Å². The predicted molar refractivity (Wildman–Crippen MR) is 115 cm³/mol. The summed E-state index contributed by atoms with van der Waals surface area (Å²) in [5.41, 5.74) is 1.11. The van der Waals surface area contributed by atoms with Crippen molar-refractivity contribution in [3.05, 3.63) is 60.4 Å². The molecule has 0 aliphatic carbocycles. The fourth-order valence-electron chi connectivity index (χ4n) is 3.68. The van der Waals surface area contributed by atoms with Gasteiger partial charge in [0.1, 0.15) is 23.8 Å². The lowest BCUT2D eigenvalue weighted by atomic mass is 9.95. The van der Waals surface area contributed by atoms with Gasteiger partial charge in [0.15, 0.2) is 0 Å². The van der Waals surface area contributed by atoms with E-state index in [-0.39, 0.29) is 11.8 Å². The number of carbonyl (C=O) groups excluding carboxylic acids is 2. The van der Waals surface area contributed by atoms with Crippen LogP contribution in [0, 0.1) is 12.8 Å². The number of carbonyl (C=O) groups is 2.